The Morgan fingerprint density at radius 3 is 2.10 bits per heavy atom. The van der Waals surface area contributed by atoms with Gasteiger partial charge in [-0.1, -0.05) is 0 Å². The maximum Gasteiger partial charge on any atom is -0.358 e. The average Bonchev–Trinajstić information content (AvgIpc) is 1.66. The van der Waals surface area contributed by atoms with E-state index in [1.807, 2.05) is 4.61 Å². The van der Waals surface area contributed by atoms with Gasteiger partial charge in [-0.2, -0.15) is 0 Å². The van der Waals surface area contributed by atoms with Crippen molar-refractivity contribution in [2.75, 3.05) is 6.61 Å². The fourth-order valence-electron chi connectivity index (χ4n) is 0.241. The zero-order chi connectivity index (χ0) is 6.41. The molecule has 0 aromatic carbocycles. The maximum absolute atomic E-state index is 8.29. The molecule has 0 atom stereocenters. The van der Waals surface area contributed by atoms with Gasteiger partial charge in [-0.3, -0.25) is 0 Å². The summed E-state index contributed by atoms with van der Waals surface area (Å²) < 4.78 is 1.89. The third-order valence-electron chi connectivity index (χ3n) is 0.573. The van der Waals surface area contributed by atoms with Gasteiger partial charge in [-0.05, 0) is 0 Å². The van der Waals surface area contributed by atoms with Gasteiger partial charge in [0.2, 0.25) is 0 Å². The zero-order valence-corrected chi connectivity index (χ0v) is 9.51. The molecule has 4 heteroatoms. The minimum Gasteiger partial charge on any atom is -0.358 e. The molecule has 0 bridgehead atoms. The summed E-state index contributed by atoms with van der Waals surface area (Å²) in [6, 6.07) is 0. The van der Waals surface area contributed by atoms with E-state index in [0.717, 1.165) is 12.8 Å². The fourth-order valence-corrected chi connectivity index (χ4v) is 1.89. The summed E-state index contributed by atoms with van der Waals surface area (Å²) in [6.45, 7) is 0.228. The number of aliphatic hydroxyl groups is 1. The fraction of sp³-hybridized carbons (Fsp3) is 0.500. The van der Waals surface area contributed by atoms with Gasteiger partial charge in [-0.25, -0.2) is 0 Å². The van der Waals surface area contributed by atoms with E-state index in [1.165, 1.54) is 0 Å². The topological polar surface area (TPSA) is 20.2 Å². The van der Waals surface area contributed by atoms with E-state index >= 15 is 0 Å². The van der Waals surface area contributed by atoms with Gasteiger partial charge in [0.1, 0.15) is 0 Å². The molecule has 10 heavy (non-hydrogen) atoms. The van der Waals surface area contributed by atoms with Crippen LogP contribution in [0.5, 0.6) is 0 Å². The van der Waals surface area contributed by atoms with Crippen LogP contribution in [0.15, 0.2) is 0 Å². The summed E-state index contributed by atoms with van der Waals surface area (Å²) in [5.74, 6) is 0. The Balaban J connectivity index is -0.000000245. The first-order valence-corrected chi connectivity index (χ1v) is 7.68. The number of unbranched alkanes of at least 4 members (excludes halogenated alkanes) is 1. The molecule has 0 aliphatic heterocycles. The standard InChI is InChI=1S/C4H8O.2CH3.2ClH.Ru/c1-2-3-4-5;;;;;/h1,5H,2-4H2;2*1H3;2*1H;/q;2*-1;;;+2/p-2. The first-order chi connectivity index (χ1) is 3.77. The third kappa shape index (κ3) is 16.0. The van der Waals surface area contributed by atoms with Crippen LogP contribution in [-0.4, -0.2) is 16.3 Å². The third-order valence-corrected chi connectivity index (χ3v) is 2.90. The molecule has 0 saturated carbocycles. The molecule has 0 aromatic rings. The molecule has 0 saturated heterocycles. The van der Waals surface area contributed by atoms with Gasteiger partial charge in [0.25, 0.3) is 0 Å². The second-order valence-corrected chi connectivity index (χ2v) is 7.15. The van der Waals surface area contributed by atoms with Crippen LogP contribution in [0.4, 0.5) is 0 Å². The monoisotopic (exact) mass is 274 g/mol. The molecular weight excluding hydrogens is 260 g/mol. The van der Waals surface area contributed by atoms with Crippen molar-refractivity contribution in [2.24, 2.45) is 0 Å². The predicted molar refractivity (Wildman–Crippen MR) is 46.9 cm³/mol. The van der Waals surface area contributed by atoms with Crippen molar-refractivity contribution in [1.82, 2.24) is 0 Å². The second kappa shape index (κ2) is 12.7. The normalized spacial score (nSPS) is 8.90. The Kier molecular flexibility index (Phi) is 21.8. The summed E-state index contributed by atoms with van der Waals surface area (Å²) in [7, 11) is 11.0. The Bertz CT molecular complexity index is 81.8. The largest absolute Gasteiger partial charge is 0.358 e. The number of hydrogen-bond donors (Lipinski definition) is 1. The van der Waals surface area contributed by atoms with E-state index in [2.05, 4.69) is 0 Å². The molecule has 0 radical (unpaired) electrons. The van der Waals surface area contributed by atoms with Crippen LogP contribution in [0.25, 0.3) is 0 Å². The van der Waals surface area contributed by atoms with E-state index in [4.69, 9.17) is 24.5 Å². The van der Waals surface area contributed by atoms with Crippen molar-refractivity contribution in [1.29, 1.82) is 0 Å². The van der Waals surface area contributed by atoms with Gasteiger partial charge in [-0.15, -0.1) is 0 Å². The predicted octanol–water partition coefficient (Wildman–Crippen LogP) is 2.39. The van der Waals surface area contributed by atoms with Gasteiger partial charge < -0.3 is 14.9 Å². The molecule has 0 fully saturated rings. The van der Waals surface area contributed by atoms with Crippen molar-refractivity contribution in [3.05, 3.63) is 14.9 Å². The molecule has 1 N–H and O–H groups in total. The molecule has 68 valence electrons. The van der Waals surface area contributed by atoms with Crippen LogP contribution < -0.4 is 0 Å². The first-order valence-electron chi connectivity index (χ1n) is 2.20. The maximum atomic E-state index is 8.29. The number of halogens is 2. The molecule has 1 nitrogen and oxygen atoms in total. The number of rotatable bonds is 3. The van der Waals surface area contributed by atoms with E-state index in [-0.39, 0.29) is 21.5 Å². The Morgan fingerprint density at radius 1 is 1.30 bits per heavy atom. The average molecular weight is 274 g/mol. The molecule has 0 aliphatic carbocycles. The minimum atomic E-state index is -1.53. The van der Waals surface area contributed by atoms with Gasteiger partial charge in [0.05, 0.1) is 0 Å². The Hall–Kier alpha value is 1.03. The number of hydrogen-bond acceptors (Lipinski definition) is 1. The Labute approximate surface area is 76.9 Å². The van der Waals surface area contributed by atoms with Crippen LogP contribution in [-0.2, 0) is 13.5 Å². The molecule has 0 unspecified atom stereocenters. The van der Waals surface area contributed by atoms with Crippen LogP contribution in [0.1, 0.15) is 12.8 Å². The van der Waals surface area contributed by atoms with Crippen molar-refractivity contribution < 1.29 is 18.6 Å². The van der Waals surface area contributed by atoms with Crippen LogP contribution in [0.3, 0.4) is 0 Å². The quantitative estimate of drug-likeness (QED) is 0.476. The van der Waals surface area contributed by atoms with Gasteiger partial charge in [0, 0.05) is 0 Å². The molecule has 0 heterocycles. The summed E-state index contributed by atoms with van der Waals surface area (Å²) in [5.41, 5.74) is 0. The van der Waals surface area contributed by atoms with Crippen molar-refractivity contribution in [3.63, 3.8) is 0 Å². The smallest absolute Gasteiger partial charge is 0.358 e. The van der Waals surface area contributed by atoms with Crippen LogP contribution in [0.2, 0.25) is 0 Å². The molecule has 0 aromatic heterocycles. The zero-order valence-electron chi connectivity index (χ0n) is 6.26. The molecular formula is C6H14Cl2ORu-2. The molecule has 0 amide bonds. The van der Waals surface area contributed by atoms with Gasteiger partial charge in [0.15, 0.2) is 0 Å². The first kappa shape index (κ1) is 17.2. The second-order valence-electron chi connectivity index (χ2n) is 1.21. The summed E-state index contributed by atoms with van der Waals surface area (Å²) in [5, 5.41) is 8.29. The SMILES string of the molecule is OCCC[CH]=[Ru]([Cl])[Cl].[CH3-].[CH3-]. The van der Waals surface area contributed by atoms with E-state index in [1.54, 1.807) is 0 Å². The Morgan fingerprint density at radius 2 is 1.80 bits per heavy atom. The summed E-state index contributed by atoms with van der Waals surface area (Å²) in [6.07, 6.45) is 1.63. The van der Waals surface area contributed by atoms with Crippen molar-refractivity contribution in [3.8, 4) is 0 Å². The summed E-state index contributed by atoms with van der Waals surface area (Å²) in [4.78, 5) is 0. The van der Waals surface area contributed by atoms with Gasteiger partial charge >= 0.3 is 62.1 Å². The summed E-state index contributed by atoms with van der Waals surface area (Å²) >= 11 is -1.53. The van der Waals surface area contributed by atoms with Crippen molar-refractivity contribution >= 4 is 24.0 Å². The number of aliphatic hydroxyl groups excluding tert-OH is 1. The van der Waals surface area contributed by atoms with E-state index < -0.39 is 13.5 Å². The minimum absolute atomic E-state index is 0. The van der Waals surface area contributed by atoms with Crippen LogP contribution in [0, 0.1) is 14.9 Å². The van der Waals surface area contributed by atoms with E-state index in [0.29, 0.717) is 0 Å². The molecule has 0 spiro atoms. The molecule has 0 aliphatic rings. The van der Waals surface area contributed by atoms with E-state index in [9.17, 15) is 0 Å². The van der Waals surface area contributed by atoms with Crippen molar-refractivity contribution in [2.45, 2.75) is 12.8 Å². The molecule has 0 rings (SSSR count). The van der Waals surface area contributed by atoms with Crippen LogP contribution >= 0.6 is 19.4 Å².